The minimum Gasteiger partial charge on any atom is -0.392 e. The van der Waals surface area contributed by atoms with Crippen molar-refractivity contribution in [3.63, 3.8) is 0 Å². The lowest BCUT2D eigenvalue weighted by Crippen LogP contribution is -2.25. The fourth-order valence-corrected chi connectivity index (χ4v) is 4.47. The Morgan fingerprint density at radius 3 is 2.64 bits per heavy atom. The molecule has 1 atom stereocenters. The van der Waals surface area contributed by atoms with Crippen LogP contribution in [0.15, 0.2) is 40.5 Å². The third kappa shape index (κ3) is 4.91. The van der Waals surface area contributed by atoms with E-state index in [0.717, 1.165) is 6.20 Å². The average molecular weight is 427 g/mol. The minimum absolute atomic E-state index is 0.0404. The molecule has 0 radical (unpaired) electrons. The highest BCUT2D eigenvalue weighted by Crippen LogP contribution is 2.33. The highest BCUT2D eigenvalue weighted by atomic mass is 32.2. The van der Waals surface area contributed by atoms with E-state index >= 15 is 0 Å². The SMILES string of the molecule is C[C@H](O)CO/N=C(/C(=O)Nc1ncc(F)s1)c1ccc(S(=O)(=O)C2CC2)cc1. The molecule has 1 aromatic heterocycles. The van der Waals surface area contributed by atoms with Crippen LogP contribution in [0.25, 0.3) is 0 Å². The van der Waals surface area contributed by atoms with Crippen LogP contribution in [0, 0.1) is 5.13 Å². The number of aliphatic hydroxyl groups excluding tert-OH is 1. The molecule has 1 aromatic carbocycles. The zero-order valence-electron chi connectivity index (χ0n) is 14.8. The Hall–Kier alpha value is -2.37. The summed E-state index contributed by atoms with van der Waals surface area (Å²) in [4.78, 5) is 21.4. The van der Waals surface area contributed by atoms with E-state index in [1.54, 1.807) is 0 Å². The summed E-state index contributed by atoms with van der Waals surface area (Å²) in [6.45, 7) is 1.35. The van der Waals surface area contributed by atoms with Crippen molar-refractivity contribution in [3.05, 3.63) is 41.2 Å². The van der Waals surface area contributed by atoms with Gasteiger partial charge in [0.2, 0.25) is 0 Å². The van der Waals surface area contributed by atoms with E-state index in [1.165, 1.54) is 31.2 Å². The summed E-state index contributed by atoms with van der Waals surface area (Å²) >= 11 is 0.649. The molecular formula is C17H18FN3O5S2. The number of nitrogens with zero attached hydrogens (tertiary/aromatic N) is 2. The summed E-state index contributed by atoms with van der Waals surface area (Å²) in [6.07, 6.45) is 1.47. The van der Waals surface area contributed by atoms with E-state index in [4.69, 9.17) is 4.84 Å². The molecule has 0 bridgehead atoms. The monoisotopic (exact) mass is 427 g/mol. The number of halogens is 1. The van der Waals surface area contributed by atoms with Crippen molar-refractivity contribution >= 4 is 37.9 Å². The van der Waals surface area contributed by atoms with Crippen molar-refractivity contribution in [1.29, 1.82) is 0 Å². The molecule has 0 unspecified atom stereocenters. The first kappa shape index (κ1) is 20.4. The van der Waals surface area contributed by atoms with Gasteiger partial charge < -0.3 is 9.94 Å². The third-order valence-corrected chi connectivity index (χ3v) is 6.78. The molecule has 0 spiro atoms. The molecule has 1 amide bonds. The lowest BCUT2D eigenvalue weighted by Gasteiger charge is -2.09. The summed E-state index contributed by atoms with van der Waals surface area (Å²) in [6, 6.07) is 5.71. The Morgan fingerprint density at radius 2 is 2.11 bits per heavy atom. The smallest absolute Gasteiger partial charge is 0.280 e. The molecule has 1 saturated carbocycles. The molecule has 3 rings (SSSR count). The van der Waals surface area contributed by atoms with Crippen molar-refractivity contribution < 1.29 is 27.5 Å². The van der Waals surface area contributed by atoms with Gasteiger partial charge in [-0.3, -0.25) is 10.1 Å². The molecule has 1 aliphatic rings. The van der Waals surface area contributed by atoms with E-state index in [2.05, 4.69) is 15.5 Å². The molecule has 2 N–H and O–H groups in total. The first-order chi connectivity index (χ1) is 13.3. The van der Waals surface area contributed by atoms with Crippen LogP contribution < -0.4 is 5.32 Å². The van der Waals surface area contributed by atoms with Crippen molar-refractivity contribution in [2.45, 2.75) is 36.0 Å². The quantitative estimate of drug-likeness (QED) is 0.491. The van der Waals surface area contributed by atoms with Gasteiger partial charge in [0.05, 0.1) is 22.4 Å². The van der Waals surface area contributed by atoms with Gasteiger partial charge >= 0.3 is 0 Å². The lowest BCUT2D eigenvalue weighted by atomic mass is 10.1. The second kappa shape index (κ2) is 8.33. The maximum atomic E-state index is 13.1. The van der Waals surface area contributed by atoms with Crippen molar-refractivity contribution in [2.75, 3.05) is 11.9 Å². The minimum atomic E-state index is -3.36. The topological polar surface area (TPSA) is 118 Å². The Labute approximate surface area is 165 Å². The number of aromatic nitrogens is 1. The third-order valence-electron chi connectivity index (χ3n) is 3.80. The molecule has 1 aliphatic carbocycles. The maximum absolute atomic E-state index is 13.1. The molecule has 150 valence electrons. The first-order valence-corrected chi connectivity index (χ1v) is 10.8. The molecule has 1 heterocycles. The average Bonchev–Trinajstić information content (AvgIpc) is 3.43. The predicted octanol–water partition coefficient (Wildman–Crippen LogP) is 1.96. The number of hydrogen-bond acceptors (Lipinski definition) is 8. The van der Waals surface area contributed by atoms with Crippen LogP contribution in [0.2, 0.25) is 0 Å². The van der Waals surface area contributed by atoms with Crippen LogP contribution in [0.1, 0.15) is 25.3 Å². The summed E-state index contributed by atoms with van der Waals surface area (Å²) in [5.74, 6) is -0.710. The standard InChI is InChI=1S/C17H18FN3O5S2/c1-10(22)9-26-21-15(16(23)20-17-19-8-14(18)27-17)11-2-4-12(5-3-11)28(24,25)13-6-7-13/h2-5,8,10,13,22H,6-7,9H2,1H3,(H,19,20,23)/b21-15+/t10-/m0/s1. The summed E-state index contributed by atoms with van der Waals surface area (Å²) in [5, 5.41) is 14.6. The number of rotatable bonds is 8. The van der Waals surface area contributed by atoms with Crippen LogP contribution in [0.3, 0.4) is 0 Å². The second-order valence-electron chi connectivity index (χ2n) is 6.28. The zero-order chi connectivity index (χ0) is 20.3. The molecule has 2 aromatic rings. The molecule has 1 fully saturated rings. The fraction of sp³-hybridized carbons (Fsp3) is 0.353. The highest BCUT2D eigenvalue weighted by Gasteiger charge is 2.36. The normalized spacial score (nSPS) is 15.9. The molecule has 0 saturated heterocycles. The van der Waals surface area contributed by atoms with Gasteiger partial charge in [0.25, 0.3) is 5.91 Å². The van der Waals surface area contributed by atoms with Crippen molar-refractivity contribution in [2.24, 2.45) is 5.16 Å². The molecule has 11 heteroatoms. The van der Waals surface area contributed by atoms with Gasteiger partial charge in [-0.2, -0.15) is 4.39 Å². The Kier molecular flexibility index (Phi) is 6.06. The van der Waals surface area contributed by atoms with E-state index in [9.17, 15) is 22.7 Å². The number of aliphatic hydroxyl groups is 1. The molecular weight excluding hydrogens is 409 g/mol. The Balaban J connectivity index is 1.84. The summed E-state index contributed by atoms with van der Waals surface area (Å²) in [7, 11) is -3.36. The van der Waals surface area contributed by atoms with Crippen LogP contribution in [0.4, 0.5) is 9.52 Å². The number of carbonyl (C=O) groups excluding carboxylic acids is 1. The number of benzene rings is 1. The van der Waals surface area contributed by atoms with E-state index in [1.807, 2.05) is 0 Å². The lowest BCUT2D eigenvalue weighted by molar-refractivity contribution is -0.110. The van der Waals surface area contributed by atoms with E-state index < -0.39 is 27.0 Å². The zero-order valence-corrected chi connectivity index (χ0v) is 16.5. The van der Waals surface area contributed by atoms with Gasteiger partial charge in [-0.05, 0) is 31.9 Å². The second-order valence-corrected chi connectivity index (χ2v) is 9.49. The largest absolute Gasteiger partial charge is 0.392 e. The maximum Gasteiger partial charge on any atom is 0.280 e. The van der Waals surface area contributed by atoms with Gasteiger partial charge in [-0.1, -0.05) is 28.6 Å². The number of oxime groups is 1. The number of thiazole rings is 1. The van der Waals surface area contributed by atoms with Crippen LogP contribution in [0.5, 0.6) is 0 Å². The molecule has 28 heavy (non-hydrogen) atoms. The number of nitrogens with one attached hydrogen (secondary N) is 1. The van der Waals surface area contributed by atoms with Crippen LogP contribution in [-0.4, -0.2) is 48.1 Å². The number of amides is 1. The number of hydrogen-bond donors (Lipinski definition) is 2. The van der Waals surface area contributed by atoms with Crippen molar-refractivity contribution in [3.8, 4) is 0 Å². The predicted molar refractivity (Wildman–Crippen MR) is 102 cm³/mol. The van der Waals surface area contributed by atoms with E-state index in [0.29, 0.717) is 29.7 Å². The Bertz CT molecular complexity index is 982. The van der Waals surface area contributed by atoms with Gasteiger partial charge in [-0.25, -0.2) is 13.4 Å². The van der Waals surface area contributed by atoms with Crippen LogP contribution in [-0.2, 0) is 19.5 Å². The summed E-state index contributed by atoms with van der Waals surface area (Å²) in [5.41, 5.74) is 0.140. The van der Waals surface area contributed by atoms with Crippen molar-refractivity contribution in [1.82, 2.24) is 4.98 Å². The van der Waals surface area contributed by atoms with Gasteiger partial charge in [0.15, 0.2) is 25.8 Å². The van der Waals surface area contributed by atoms with Gasteiger partial charge in [0.1, 0.15) is 6.61 Å². The fourth-order valence-electron chi connectivity index (χ4n) is 2.28. The summed E-state index contributed by atoms with van der Waals surface area (Å²) < 4.78 is 37.7. The Morgan fingerprint density at radius 1 is 1.43 bits per heavy atom. The van der Waals surface area contributed by atoms with Gasteiger partial charge in [-0.15, -0.1) is 0 Å². The molecule has 0 aliphatic heterocycles. The number of sulfone groups is 1. The van der Waals surface area contributed by atoms with Crippen LogP contribution >= 0.6 is 11.3 Å². The van der Waals surface area contributed by atoms with Gasteiger partial charge in [0, 0.05) is 5.56 Å². The first-order valence-electron chi connectivity index (χ1n) is 8.42. The van der Waals surface area contributed by atoms with E-state index in [-0.39, 0.29) is 27.6 Å². The molecule has 8 nitrogen and oxygen atoms in total. The number of anilines is 1. The highest BCUT2D eigenvalue weighted by molar-refractivity contribution is 7.92. The number of carbonyl (C=O) groups is 1.